The molecular weight excluding hydrogens is 376 g/mol. The largest absolute Gasteiger partial charge is 0.494 e. The summed E-state index contributed by atoms with van der Waals surface area (Å²) in [6.07, 6.45) is 1.84. The summed E-state index contributed by atoms with van der Waals surface area (Å²) in [5.74, 6) is -0.0951. The lowest BCUT2D eigenvalue weighted by molar-refractivity contribution is -0.122. The van der Waals surface area contributed by atoms with Gasteiger partial charge in [-0.15, -0.1) is 0 Å². The summed E-state index contributed by atoms with van der Waals surface area (Å²) in [6, 6.07) is 16.5. The molecule has 8 heteroatoms. The molecule has 1 aromatic heterocycles. The minimum absolute atomic E-state index is 0.00229. The van der Waals surface area contributed by atoms with Crippen molar-refractivity contribution in [3.05, 3.63) is 66.4 Å². The van der Waals surface area contributed by atoms with Crippen molar-refractivity contribution < 1.29 is 14.3 Å². The summed E-state index contributed by atoms with van der Waals surface area (Å²) in [6.45, 7) is 2.49. The van der Waals surface area contributed by atoms with E-state index in [-0.39, 0.29) is 17.6 Å². The predicted molar refractivity (Wildman–Crippen MR) is 111 cm³/mol. The van der Waals surface area contributed by atoms with Gasteiger partial charge in [-0.3, -0.25) is 25.8 Å². The zero-order chi connectivity index (χ0) is 19.9. The number of thiocarbonyl (C=S) groups is 1. The Kier molecular flexibility index (Phi) is 6.23. The maximum atomic E-state index is 12.2. The van der Waals surface area contributed by atoms with Crippen LogP contribution in [0, 0.1) is 0 Å². The van der Waals surface area contributed by atoms with Crippen LogP contribution in [0.4, 0.5) is 0 Å². The minimum Gasteiger partial charge on any atom is -0.494 e. The molecule has 0 aliphatic heterocycles. The number of carbonyl (C=O) groups is 2. The Hall–Kier alpha value is -3.39. The minimum atomic E-state index is -0.398. The van der Waals surface area contributed by atoms with Crippen molar-refractivity contribution in [1.82, 2.24) is 20.7 Å². The molecule has 0 bridgehead atoms. The highest BCUT2D eigenvalue weighted by atomic mass is 32.1. The van der Waals surface area contributed by atoms with Crippen molar-refractivity contribution >= 4 is 40.0 Å². The van der Waals surface area contributed by atoms with Gasteiger partial charge in [-0.1, -0.05) is 24.3 Å². The van der Waals surface area contributed by atoms with Gasteiger partial charge in [-0.25, -0.2) is 0 Å². The molecule has 0 radical (unpaired) electrons. The van der Waals surface area contributed by atoms with Crippen LogP contribution in [0.2, 0.25) is 0 Å². The Morgan fingerprint density at radius 2 is 1.89 bits per heavy atom. The first kappa shape index (κ1) is 19.4. The number of nitrogens with one attached hydrogen (secondary N) is 3. The van der Waals surface area contributed by atoms with E-state index in [4.69, 9.17) is 17.0 Å². The zero-order valence-corrected chi connectivity index (χ0v) is 16.1. The summed E-state index contributed by atoms with van der Waals surface area (Å²) in [5, 5.41) is 3.57. The molecule has 0 spiro atoms. The van der Waals surface area contributed by atoms with Gasteiger partial charge in [0.25, 0.3) is 11.8 Å². The van der Waals surface area contributed by atoms with E-state index in [0.29, 0.717) is 17.9 Å². The Labute approximate surface area is 167 Å². The average Bonchev–Trinajstić information content (AvgIpc) is 3.10. The molecule has 0 atom stereocenters. The second kappa shape index (κ2) is 9.01. The Balaban J connectivity index is 1.50. The van der Waals surface area contributed by atoms with E-state index in [9.17, 15) is 9.59 Å². The van der Waals surface area contributed by atoms with E-state index in [1.807, 2.05) is 48.0 Å². The number of fused-ring (bicyclic) bond motifs is 1. The SMILES string of the molecule is CCOc1cccc(C(=O)NC(=S)NNC(=O)Cn2ccc3ccccc32)c1. The second-order valence-corrected chi connectivity index (χ2v) is 6.33. The van der Waals surface area contributed by atoms with Crippen molar-refractivity contribution in [3.8, 4) is 5.75 Å². The van der Waals surface area contributed by atoms with Crippen molar-refractivity contribution in [2.75, 3.05) is 6.61 Å². The van der Waals surface area contributed by atoms with Gasteiger partial charge in [0, 0.05) is 17.3 Å². The van der Waals surface area contributed by atoms with E-state index >= 15 is 0 Å². The molecule has 3 rings (SSSR count). The molecule has 0 saturated carbocycles. The van der Waals surface area contributed by atoms with Gasteiger partial charge < -0.3 is 9.30 Å². The number of hydrazine groups is 1. The molecule has 3 aromatic rings. The fourth-order valence-corrected chi connectivity index (χ4v) is 2.84. The number of aromatic nitrogens is 1. The number of amides is 2. The van der Waals surface area contributed by atoms with Crippen LogP contribution in [0.25, 0.3) is 10.9 Å². The van der Waals surface area contributed by atoms with Gasteiger partial charge >= 0.3 is 0 Å². The highest BCUT2D eigenvalue weighted by Crippen LogP contribution is 2.15. The molecule has 28 heavy (non-hydrogen) atoms. The van der Waals surface area contributed by atoms with Crippen molar-refractivity contribution in [3.63, 3.8) is 0 Å². The maximum Gasteiger partial charge on any atom is 0.258 e. The smallest absolute Gasteiger partial charge is 0.258 e. The lowest BCUT2D eigenvalue weighted by Gasteiger charge is -2.12. The molecule has 2 amide bonds. The Morgan fingerprint density at radius 3 is 2.71 bits per heavy atom. The molecule has 144 valence electrons. The number of hydrogen-bond donors (Lipinski definition) is 3. The van der Waals surface area contributed by atoms with E-state index in [1.54, 1.807) is 24.3 Å². The monoisotopic (exact) mass is 396 g/mol. The van der Waals surface area contributed by atoms with Gasteiger partial charge in [0.15, 0.2) is 5.11 Å². The first-order chi connectivity index (χ1) is 13.6. The van der Waals surface area contributed by atoms with Crippen LogP contribution in [0.15, 0.2) is 60.8 Å². The molecule has 0 unspecified atom stereocenters. The molecule has 0 aliphatic rings. The van der Waals surface area contributed by atoms with Gasteiger partial charge in [-0.2, -0.15) is 0 Å². The predicted octanol–water partition coefficient (Wildman–Crippen LogP) is 2.38. The summed E-state index contributed by atoms with van der Waals surface area (Å²) < 4.78 is 7.20. The number of para-hydroxylation sites is 1. The van der Waals surface area contributed by atoms with Crippen LogP contribution >= 0.6 is 12.2 Å². The normalized spacial score (nSPS) is 10.3. The van der Waals surface area contributed by atoms with E-state index in [1.165, 1.54) is 0 Å². The topological polar surface area (TPSA) is 84.4 Å². The van der Waals surface area contributed by atoms with Gasteiger partial charge in [0.1, 0.15) is 12.3 Å². The third kappa shape index (κ3) is 4.86. The van der Waals surface area contributed by atoms with Gasteiger partial charge in [0.05, 0.1) is 6.61 Å². The number of benzene rings is 2. The lowest BCUT2D eigenvalue weighted by atomic mass is 10.2. The fraction of sp³-hybridized carbons (Fsp3) is 0.150. The Bertz CT molecular complexity index is 1020. The second-order valence-electron chi connectivity index (χ2n) is 5.92. The number of rotatable bonds is 5. The molecule has 0 fully saturated rings. The molecule has 1 heterocycles. The van der Waals surface area contributed by atoms with Crippen LogP contribution < -0.4 is 20.9 Å². The van der Waals surface area contributed by atoms with Crippen molar-refractivity contribution in [2.24, 2.45) is 0 Å². The van der Waals surface area contributed by atoms with Crippen LogP contribution in [-0.2, 0) is 11.3 Å². The van der Waals surface area contributed by atoms with Crippen LogP contribution in [0.5, 0.6) is 5.75 Å². The van der Waals surface area contributed by atoms with Crippen LogP contribution in [-0.4, -0.2) is 28.1 Å². The summed E-state index contributed by atoms with van der Waals surface area (Å²) in [5.41, 5.74) is 6.39. The van der Waals surface area contributed by atoms with Crippen LogP contribution in [0.3, 0.4) is 0 Å². The number of nitrogens with zero attached hydrogens (tertiary/aromatic N) is 1. The number of ether oxygens (including phenoxy) is 1. The molecule has 0 aliphatic carbocycles. The highest BCUT2D eigenvalue weighted by Gasteiger charge is 2.10. The third-order valence-corrected chi connectivity index (χ3v) is 4.15. The molecule has 0 saturated heterocycles. The number of hydrogen-bond acceptors (Lipinski definition) is 4. The average molecular weight is 396 g/mol. The van der Waals surface area contributed by atoms with Gasteiger partial charge in [-0.05, 0) is 54.9 Å². The zero-order valence-electron chi connectivity index (χ0n) is 15.3. The van der Waals surface area contributed by atoms with Crippen LogP contribution in [0.1, 0.15) is 17.3 Å². The quantitative estimate of drug-likeness (QED) is 0.456. The van der Waals surface area contributed by atoms with E-state index < -0.39 is 5.91 Å². The highest BCUT2D eigenvalue weighted by molar-refractivity contribution is 7.80. The molecule has 3 N–H and O–H groups in total. The first-order valence-electron chi connectivity index (χ1n) is 8.73. The first-order valence-corrected chi connectivity index (χ1v) is 9.14. The van der Waals surface area contributed by atoms with Crippen molar-refractivity contribution in [1.29, 1.82) is 0 Å². The summed E-state index contributed by atoms with van der Waals surface area (Å²) in [4.78, 5) is 24.4. The fourth-order valence-electron chi connectivity index (χ4n) is 2.70. The Morgan fingerprint density at radius 1 is 1.07 bits per heavy atom. The van der Waals surface area contributed by atoms with E-state index in [0.717, 1.165) is 10.9 Å². The molecule has 7 nitrogen and oxygen atoms in total. The van der Waals surface area contributed by atoms with Gasteiger partial charge in [0.2, 0.25) is 0 Å². The molecular formula is C20H20N4O3S. The summed E-state index contributed by atoms with van der Waals surface area (Å²) >= 11 is 5.06. The molecule has 2 aromatic carbocycles. The number of carbonyl (C=O) groups excluding carboxylic acids is 2. The van der Waals surface area contributed by atoms with E-state index in [2.05, 4.69) is 16.2 Å². The summed E-state index contributed by atoms with van der Waals surface area (Å²) in [7, 11) is 0. The van der Waals surface area contributed by atoms with Crippen molar-refractivity contribution in [2.45, 2.75) is 13.5 Å². The lowest BCUT2D eigenvalue weighted by Crippen LogP contribution is -2.49. The third-order valence-electron chi connectivity index (χ3n) is 3.94. The maximum absolute atomic E-state index is 12.2. The standard InChI is InChI=1S/C20H20N4O3S/c1-2-27-16-8-5-7-15(12-16)19(26)21-20(28)23-22-18(25)13-24-11-10-14-6-3-4-9-17(14)24/h3-12H,2,13H2,1H3,(H,22,25)(H2,21,23,26,28).